The van der Waals surface area contributed by atoms with Crippen LogP contribution in [0, 0.1) is 0 Å². The van der Waals surface area contributed by atoms with Gasteiger partial charge in [-0.05, 0) is 36.4 Å². The van der Waals surface area contributed by atoms with E-state index in [0.717, 1.165) is 0 Å². The van der Waals surface area contributed by atoms with Gasteiger partial charge in [0.2, 0.25) is 11.8 Å². The summed E-state index contributed by atoms with van der Waals surface area (Å²) in [5.74, 6) is -0.668. The highest BCUT2D eigenvalue weighted by Gasteiger charge is 2.32. The van der Waals surface area contributed by atoms with Gasteiger partial charge in [-0.15, -0.1) is 0 Å². The molecular weight excluding hydrogens is 452 g/mol. The molecule has 0 aromatic heterocycles. The Kier molecular flexibility index (Phi) is 6.55. The predicted octanol–water partition coefficient (Wildman–Crippen LogP) is 5.55. The fraction of sp³-hybridized carbons (Fsp3) is 0.118. The van der Waals surface area contributed by atoms with E-state index in [-0.39, 0.29) is 33.3 Å². The van der Waals surface area contributed by atoms with E-state index in [0.29, 0.717) is 21.6 Å². The number of rotatable bonds is 4. The van der Waals surface area contributed by atoms with Crippen LogP contribution in [0.4, 0.5) is 11.4 Å². The lowest BCUT2D eigenvalue weighted by Crippen LogP contribution is -2.28. The second-order valence-electron chi connectivity index (χ2n) is 5.49. The van der Waals surface area contributed by atoms with Crippen molar-refractivity contribution in [1.82, 2.24) is 5.32 Å². The van der Waals surface area contributed by atoms with Gasteiger partial charge >= 0.3 is 0 Å². The Morgan fingerprint density at radius 1 is 1.07 bits per heavy atom. The molecule has 1 heterocycles. The van der Waals surface area contributed by atoms with Crippen LogP contribution < -0.4 is 10.6 Å². The first-order valence-corrected chi connectivity index (χ1v) is 9.97. The molecule has 1 unspecified atom stereocenters. The van der Waals surface area contributed by atoms with Crippen LogP contribution in [0.15, 0.2) is 41.4 Å². The Bertz CT molecular complexity index is 935. The van der Waals surface area contributed by atoms with Gasteiger partial charge in [0.05, 0.1) is 26.4 Å². The molecule has 5 nitrogen and oxygen atoms in total. The molecule has 1 saturated heterocycles. The van der Waals surface area contributed by atoms with Crippen molar-refractivity contribution in [3.8, 4) is 0 Å². The van der Waals surface area contributed by atoms with Crippen molar-refractivity contribution in [2.24, 2.45) is 4.99 Å². The molecule has 0 aliphatic carbocycles. The highest BCUT2D eigenvalue weighted by molar-refractivity contribution is 8.15. The molecule has 2 aromatic rings. The monoisotopic (exact) mass is 461 g/mol. The van der Waals surface area contributed by atoms with Crippen LogP contribution in [0.5, 0.6) is 0 Å². The Balaban J connectivity index is 1.64. The summed E-state index contributed by atoms with van der Waals surface area (Å²) in [6.07, 6.45) is -0.0489. The van der Waals surface area contributed by atoms with Gasteiger partial charge < -0.3 is 10.6 Å². The van der Waals surface area contributed by atoms with Gasteiger partial charge in [-0.3, -0.25) is 9.59 Å². The second-order valence-corrected chi connectivity index (χ2v) is 8.34. The minimum Gasteiger partial charge on any atom is -0.325 e. The quantitative estimate of drug-likeness (QED) is 0.585. The average molecular weight is 463 g/mol. The van der Waals surface area contributed by atoms with Crippen LogP contribution in [-0.4, -0.2) is 22.2 Å². The summed E-state index contributed by atoms with van der Waals surface area (Å²) in [4.78, 5) is 28.7. The minimum absolute atomic E-state index is 0.0489. The number of hydrogen-bond acceptors (Lipinski definition) is 4. The summed E-state index contributed by atoms with van der Waals surface area (Å²) in [5.41, 5.74) is 0.976. The molecule has 3 rings (SSSR count). The number of thioether (sulfide) groups is 1. The Morgan fingerprint density at radius 2 is 1.74 bits per heavy atom. The SMILES string of the molecule is O=C(CC1SC(=Nc2ccc(Cl)cc2)NC1=O)Nc1cc(Cl)c(Cl)cc1Cl. The number of hydrogen-bond donors (Lipinski definition) is 2. The van der Waals surface area contributed by atoms with Crippen molar-refractivity contribution in [3.05, 3.63) is 56.5 Å². The molecule has 0 radical (unpaired) electrons. The maximum absolute atomic E-state index is 12.3. The minimum atomic E-state index is -0.599. The fourth-order valence-corrected chi connectivity index (χ4v) is 3.92. The molecule has 27 heavy (non-hydrogen) atoms. The number of nitrogens with zero attached hydrogens (tertiary/aromatic N) is 1. The lowest BCUT2D eigenvalue weighted by atomic mass is 10.2. The van der Waals surface area contributed by atoms with Gasteiger partial charge in [0.1, 0.15) is 5.25 Å². The van der Waals surface area contributed by atoms with E-state index in [4.69, 9.17) is 46.4 Å². The third-order valence-corrected chi connectivity index (χ3v) is 5.86. The van der Waals surface area contributed by atoms with Crippen molar-refractivity contribution in [1.29, 1.82) is 0 Å². The zero-order valence-corrected chi connectivity index (χ0v) is 17.3. The molecule has 1 aliphatic rings. The van der Waals surface area contributed by atoms with Gasteiger partial charge in [-0.25, -0.2) is 4.99 Å². The Hall–Kier alpha value is -1.44. The van der Waals surface area contributed by atoms with Crippen LogP contribution in [-0.2, 0) is 9.59 Å². The third kappa shape index (κ3) is 5.30. The highest BCUT2D eigenvalue weighted by atomic mass is 35.5. The van der Waals surface area contributed by atoms with E-state index in [1.54, 1.807) is 24.3 Å². The first-order valence-electron chi connectivity index (χ1n) is 7.58. The zero-order chi connectivity index (χ0) is 19.6. The van der Waals surface area contributed by atoms with E-state index in [1.165, 1.54) is 23.9 Å². The van der Waals surface area contributed by atoms with Crippen molar-refractivity contribution in [2.75, 3.05) is 5.32 Å². The highest BCUT2D eigenvalue weighted by Crippen LogP contribution is 2.33. The molecule has 140 valence electrons. The number of amidine groups is 1. The molecule has 2 amide bonds. The van der Waals surface area contributed by atoms with Crippen LogP contribution in [0.3, 0.4) is 0 Å². The van der Waals surface area contributed by atoms with Gasteiger partial charge in [0.25, 0.3) is 0 Å². The van der Waals surface area contributed by atoms with E-state index < -0.39 is 5.25 Å². The predicted molar refractivity (Wildman–Crippen MR) is 113 cm³/mol. The number of nitrogens with one attached hydrogen (secondary N) is 2. The molecular formula is C17H11Cl4N3O2S. The molecule has 0 bridgehead atoms. The van der Waals surface area contributed by atoms with Crippen LogP contribution >= 0.6 is 58.2 Å². The van der Waals surface area contributed by atoms with E-state index >= 15 is 0 Å². The summed E-state index contributed by atoms with van der Waals surface area (Å²) in [6.45, 7) is 0. The van der Waals surface area contributed by atoms with Crippen molar-refractivity contribution in [3.63, 3.8) is 0 Å². The molecule has 1 fully saturated rings. The largest absolute Gasteiger partial charge is 0.325 e. The van der Waals surface area contributed by atoms with Gasteiger partial charge in [-0.2, -0.15) is 0 Å². The smallest absolute Gasteiger partial charge is 0.240 e. The van der Waals surface area contributed by atoms with Crippen molar-refractivity contribution < 1.29 is 9.59 Å². The topological polar surface area (TPSA) is 70.6 Å². The molecule has 0 spiro atoms. The van der Waals surface area contributed by atoms with E-state index in [1.807, 2.05) is 0 Å². The first kappa shape index (κ1) is 20.3. The molecule has 10 heteroatoms. The van der Waals surface area contributed by atoms with Gasteiger partial charge in [0, 0.05) is 11.4 Å². The number of carbonyl (C=O) groups excluding carboxylic acids is 2. The van der Waals surface area contributed by atoms with E-state index in [2.05, 4.69) is 15.6 Å². The van der Waals surface area contributed by atoms with Crippen LogP contribution in [0.2, 0.25) is 20.1 Å². The fourth-order valence-electron chi connectivity index (χ4n) is 2.21. The summed E-state index contributed by atoms with van der Waals surface area (Å²) >= 11 is 24.9. The second kappa shape index (κ2) is 8.71. The summed E-state index contributed by atoms with van der Waals surface area (Å²) in [6, 6.07) is 9.76. The first-order chi connectivity index (χ1) is 12.8. The number of aliphatic imine (C=N–C) groups is 1. The number of anilines is 1. The molecule has 2 aromatic carbocycles. The number of halogens is 4. The molecule has 0 saturated carbocycles. The van der Waals surface area contributed by atoms with Crippen molar-refractivity contribution >= 4 is 86.5 Å². The molecule has 1 atom stereocenters. The molecule has 2 N–H and O–H groups in total. The molecule has 1 aliphatic heterocycles. The van der Waals surface area contributed by atoms with Crippen molar-refractivity contribution in [2.45, 2.75) is 11.7 Å². The number of carbonyl (C=O) groups is 2. The summed E-state index contributed by atoms with van der Waals surface area (Å²) in [5, 5.41) is 6.52. The summed E-state index contributed by atoms with van der Waals surface area (Å²) < 4.78 is 0. The Morgan fingerprint density at radius 3 is 2.44 bits per heavy atom. The maximum atomic E-state index is 12.3. The number of amides is 2. The number of benzene rings is 2. The maximum Gasteiger partial charge on any atom is 0.240 e. The van der Waals surface area contributed by atoms with Gasteiger partial charge in [0.15, 0.2) is 5.17 Å². The standard InChI is InChI=1S/C17H11Cl4N3O2S/c18-8-1-3-9(4-2-8)22-17-24-16(26)14(27-17)7-15(25)23-13-6-11(20)10(19)5-12(13)21/h1-6,14H,7H2,(H,23,25)(H,22,24,26). The third-order valence-electron chi connectivity index (χ3n) is 3.49. The average Bonchev–Trinajstić information content (AvgIpc) is 2.94. The summed E-state index contributed by atoms with van der Waals surface area (Å²) in [7, 11) is 0. The van der Waals surface area contributed by atoms with Gasteiger partial charge in [-0.1, -0.05) is 58.2 Å². The van der Waals surface area contributed by atoms with Crippen LogP contribution in [0.1, 0.15) is 6.42 Å². The van der Waals surface area contributed by atoms with E-state index in [9.17, 15) is 9.59 Å². The Labute approximate surface area is 179 Å². The van der Waals surface area contributed by atoms with Crippen LogP contribution in [0.25, 0.3) is 0 Å². The lowest BCUT2D eigenvalue weighted by Gasteiger charge is -2.10. The lowest BCUT2D eigenvalue weighted by molar-refractivity contribution is -0.122. The normalized spacial score (nSPS) is 17.9. The zero-order valence-electron chi connectivity index (χ0n) is 13.4.